The molecule has 0 spiro atoms. The predicted molar refractivity (Wildman–Crippen MR) is 47.9 cm³/mol. The molecule has 12 heavy (non-hydrogen) atoms. The van der Waals surface area contributed by atoms with Crippen LogP contribution in [0.2, 0.25) is 0 Å². The Morgan fingerprint density at radius 1 is 1.42 bits per heavy atom. The molecule has 0 saturated carbocycles. The molecule has 1 aromatic rings. The van der Waals surface area contributed by atoms with Crippen LogP contribution < -0.4 is 5.32 Å². The van der Waals surface area contributed by atoms with E-state index in [1.54, 1.807) is 0 Å². The summed E-state index contributed by atoms with van der Waals surface area (Å²) in [7, 11) is 0. The molecule has 64 valence electrons. The van der Waals surface area contributed by atoms with Crippen LogP contribution in [0, 0.1) is 12.7 Å². The van der Waals surface area contributed by atoms with Crippen molar-refractivity contribution >= 4 is 5.69 Å². The maximum absolute atomic E-state index is 13.2. The van der Waals surface area contributed by atoms with E-state index < -0.39 is 0 Å². The number of benzene rings is 1. The topological polar surface area (TPSA) is 12.0 Å². The van der Waals surface area contributed by atoms with Gasteiger partial charge in [0.2, 0.25) is 0 Å². The molecule has 2 rings (SSSR count). The van der Waals surface area contributed by atoms with E-state index in [0.29, 0.717) is 0 Å². The van der Waals surface area contributed by atoms with Crippen LogP contribution in [-0.2, 0) is 6.42 Å². The highest BCUT2D eigenvalue weighted by Crippen LogP contribution is 2.27. The number of hydrogen-bond donors (Lipinski definition) is 1. The maximum atomic E-state index is 13.2. The minimum absolute atomic E-state index is 0.115. The molecule has 1 nitrogen and oxygen atoms in total. The van der Waals surface area contributed by atoms with E-state index in [0.717, 1.165) is 30.6 Å². The smallest absolute Gasteiger partial charge is 0.146 e. The number of nitrogens with one attached hydrogen (secondary N) is 1. The summed E-state index contributed by atoms with van der Waals surface area (Å²) in [5.41, 5.74) is 3.07. The van der Waals surface area contributed by atoms with Crippen LogP contribution in [0.5, 0.6) is 0 Å². The van der Waals surface area contributed by atoms with E-state index >= 15 is 0 Å². The van der Waals surface area contributed by atoms with Gasteiger partial charge in [0.05, 0.1) is 5.69 Å². The van der Waals surface area contributed by atoms with Gasteiger partial charge in [0.15, 0.2) is 0 Å². The zero-order valence-corrected chi connectivity index (χ0v) is 7.15. The first-order valence-electron chi connectivity index (χ1n) is 4.31. The lowest BCUT2D eigenvalue weighted by Crippen LogP contribution is -2.14. The summed E-state index contributed by atoms with van der Waals surface area (Å²) >= 11 is 0. The van der Waals surface area contributed by atoms with Gasteiger partial charge in [-0.3, -0.25) is 0 Å². The quantitative estimate of drug-likeness (QED) is 0.622. The van der Waals surface area contributed by atoms with Crippen molar-refractivity contribution in [2.45, 2.75) is 19.8 Å². The molecule has 1 aliphatic rings. The predicted octanol–water partition coefficient (Wildman–Crippen LogP) is 2.49. The lowest BCUT2D eigenvalue weighted by atomic mass is 9.98. The van der Waals surface area contributed by atoms with Gasteiger partial charge in [0.1, 0.15) is 5.82 Å². The summed E-state index contributed by atoms with van der Waals surface area (Å²) in [6, 6.07) is 3.38. The first-order chi connectivity index (χ1) is 5.79. The number of aryl methyl sites for hydroxylation is 1. The standard InChI is InChI=1S/C10H12FN/c1-7-4-5-9(11)10-8(7)3-2-6-12-10/h4-5,12H,2-3,6H2,1H3. The number of hydrogen-bond acceptors (Lipinski definition) is 1. The van der Waals surface area contributed by atoms with Gasteiger partial charge in [-0.05, 0) is 37.0 Å². The molecule has 0 fully saturated rings. The van der Waals surface area contributed by atoms with Gasteiger partial charge in [0.25, 0.3) is 0 Å². The van der Waals surface area contributed by atoms with Crippen molar-refractivity contribution in [3.05, 3.63) is 29.1 Å². The number of halogens is 1. The fourth-order valence-corrected chi connectivity index (χ4v) is 1.72. The lowest BCUT2D eigenvalue weighted by Gasteiger charge is -2.20. The van der Waals surface area contributed by atoms with E-state index in [1.165, 1.54) is 11.6 Å². The van der Waals surface area contributed by atoms with Gasteiger partial charge < -0.3 is 5.32 Å². The molecule has 2 heteroatoms. The van der Waals surface area contributed by atoms with E-state index in [-0.39, 0.29) is 5.82 Å². The Bertz CT molecular complexity index is 276. The minimum atomic E-state index is -0.115. The zero-order chi connectivity index (χ0) is 8.55. The van der Waals surface area contributed by atoms with Crippen LogP contribution in [0.25, 0.3) is 0 Å². The van der Waals surface area contributed by atoms with Crippen molar-refractivity contribution < 1.29 is 4.39 Å². The van der Waals surface area contributed by atoms with Crippen molar-refractivity contribution in [3.63, 3.8) is 0 Å². The molecule has 0 amide bonds. The van der Waals surface area contributed by atoms with Gasteiger partial charge in [-0.1, -0.05) is 6.07 Å². The SMILES string of the molecule is Cc1ccc(F)c2c1CCCN2. The molecule has 1 aromatic carbocycles. The van der Waals surface area contributed by atoms with Gasteiger partial charge >= 0.3 is 0 Å². The molecular formula is C10H12FN. The summed E-state index contributed by atoms with van der Waals surface area (Å²) in [6.07, 6.45) is 2.11. The van der Waals surface area contributed by atoms with Gasteiger partial charge in [0, 0.05) is 6.54 Å². The zero-order valence-electron chi connectivity index (χ0n) is 7.15. The molecule has 1 aliphatic heterocycles. The highest BCUT2D eigenvalue weighted by Gasteiger charge is 2.14. The molecule has 0 unspecified atom stereocenters. The van der Waals surface area contributed by atoms with Gasteiger partial charge in [-0.25, -0.2) is 4.39 Å². The van der Waals surface area contributed by atoms with E-state index in [9.17, 15) is 4.39 Å². The summed E-state index contributed by atoms with van der Waals surface area (Å²) in [6.45, 7) is 2.93. The Balaban J connectivity index is 2.57. The monoisotopic (exact) mass is 165 g/mol. The van der Waals surface area contributed by atoms with E-state index in [1.807, 2.05) is 13.0 Å². The molecule has 1 N–H and O–H groups in total. The third-order valence-corrected chi connectivity index (χ3v) is 2.40. The normalized spacial score (nSPS) is 15.2. The van der Waals surface area contributed by atoms with Crippen molar-refractivity contribution in [2.75, 3.05) is 11.9 Å². The largest absolute Gasteiger partial charge is 0.382 e. The highest BCUT2D eigenvalue weighted by molar-refractivity contribution is 5.57. The molecule has 0 radical (unpaired) electrons. The van der Waals surface area contributed by atoms with Crippen LogP contribution in [0.1, 0.15) is 17.5 Å². The van der Waals surface area contributed by atoms with Crippen molar-refractivity contribution in [1.82, 2.24) is 0 Å². The highest BCUT2D eigenvalue weighted by atomic mass is 19.1. The van der Waals surface area contributed by atoms with Crippen LogP contribution in [0.15, 0.2) is 12.1 Å². The molecule has 0 atom stereocenters. The average molecular weight is 165 g/mol. The molecule has 0 bridgehead atoms. The summed E-state index contributed by atoms with van der Waals surface area (Å²) in [5, 5.41) is 3.10. The number of rotatable bonds is 0. The Hall–Kier alpha value is -1.05. The minimum Gasteiger partial charge on any atom is -0.382 e. The molecule has 0 saturated heterocycles. The van der Waals surface area contributed by atoms with Crippen molar-refractivity contribution in [1.29, 1.82) is 0 Å². The van der Waals surface area contributed by atoms with Gasteiger partial charge in [-0.15, -0.1) is 0 Å². The molecule has 1 heterocycles. The average Bonchev–Trinajstić information content (AvgIpc) is 2.12. The molecule has 0 aliphatic carbocycles. The fourth-order valence-electron chi connectivity index (χ4n) is 1.72. The second kappa shape index (κ2) is 2.77. The second-order valence-corrected chi connectivity index (χ2v) is 3.25. The van der Waals surface area contributed by atoms with Crippen LogP contribution in [0.3, 0.4) is 0 Å². The lowest BCUT2D eigenvalue weighted by molar-refractivity contribution is 0.622. The van der Waals surface area contributed by atoms with Crippen molar-refractivity contribution in [2.24, 2.45) is 0 Å². The summed E-state index contributed by atoms with van der Waals surface area (Å²) in [4.78, 5) is 0. The van der Waals surface area contributed by atoms with Crippen LogP contribution >= 0.6 is 0 Å². The Labute approximate surface area is 71.6 Å². The van der Waals surface area contributed by atoms with Crippen LogP contribution in [-0.4, -0.2) is 6.54 Å². The van der Waals surface area contributed by atoms with Gasteiger partial charge in [-0.2, -0.15) is 0 Å². The van der Waals surface area contributed by atoms with E-state index in [4.69, 9.17) is 0 Å². The Morgan fingerprint density at radius 2 is 2.25 bits per heavy atom. The van der Waals surface area contributed by atoms with E-state index in [2.05, 4.69) is 5.32 Å². The number of anilines is 1. The molecule has 0 aromatic heterocycles. The fraction of sp³-hybridized carbons (Fsp3) is 0.400. The first-order valence-corrected chi connectivity index (χ1v) is 4.31. The Morgan fingerprint density at radius 3 is 3.00 bits per heavy atom. The van der Waals surface area contributed by atoms with Crippen LogP contribution in [0.4, 0.5) is 10.1 Å². The third-order valence-electron chi connectivity index (χ3n) is 2.40. The summed E-state index contributed by atoms with van der Waals surface area (Å²) < 4.78 is 13.2. The first kappa shape index (κ1) is 7.59. The Kier molecular flexibility index (Phi) is 1.75. The second-order valence-electron chi connectivity index (χ2n) is 3.25. The third kappa shape index (κ3) is 1.07. The number of fused-ring (bicyclic) bond motifs is 1. The molecular weight excluding hydrogens is 153 g/mol. The van der Waals surface area contributed by atoms with Crippen molar-refractivity contribution in [3.8, 4) is 0 Å². The summed E-state index contributed by atoms with van der Waals surface area (Å²) in [5.74, 6) is -0.115. The maximum Gasteiger partial charge on any atom is 0.146 e.